The van der Waals surface area contributed by atoms with E-state index in [2.05, 4.69) is 53.0 Å². The maximum absolute atomic E-state index is 11.8. The van der Waals surface area contributed by atoms with Crippen molar-refractivity contribution in [2.45, 2.75) is 95.0 Å². The average Bonchev–Trinajstić information content (AvgIpc) is 3.21. The van der Waals surface area contributed by atoms with Crippen LogP contribution < -0.4 is 18.9 Å². The van der Waals surface area contributed by atoms with Crippen molar-refractivity contribution in [2.75, 3.05) is 0 Å². The van der Waals surface area contributed by atoms with E-state index in [0.717, 1.165) is 78.6 Å². The molecular weight excluding hydrogens is 729 g/mol. The summed E-state index contributed by atoms with van der Waals surface area (Å²) < 4.78 is 35.2. The molecule has 0 saturated carbocycles. The predicted octanol–water partition coefficient (Wildman–Crippen LogP) is 11.1. The summed E-state index contributed by atoms with van der Waals surface area (Å²) in [6, 6.07) is 27.5. The van der Waals surface area contributed by atoms with Crippen LogP contribution in [0, 0.1) is 41.5 Å². The van der Waals surface area contributed by atoms with Gasteiger partial charge < -0.3 is 28.4 Å². The van der Waals surface area contributed by atoms with Gasteiger partial charge in [-0.25, -0.2) is 9.59 Å². The second-order valence-corrected chi connectivity index (χ2v) is 14.7. The standard InChI is InChI=1S/C50H54O8/c1-31(2)49(51)57-29-43-15-13-41(35(7)37(43)9)27-55-47-21-17-45(18-22-47)53-25-39-11-12-40(34(6)33(39)5)26-54-46-19-23-48(24-20-46)56-28-42-14-16-44(38(10)36(42)8)30-58-50(52)32(3)4/h11-24H,1,3,25-30H2,2,4-10H3. The summed E-state index contributed by atoms with van der Waals surface area (Å²) in [5, 5.41) is 0. The van der Waals surface area contributed by atoms with Crippen molar-refractivity contribution in [1.29, 1.82) is 0 Å². The number of ether oxygens (including phenoxy) is 6. The minimum Gasteiger partial charge on any atom is -0.489 e. The fourth-order valence-electron chi connectivity index (χ4n) is 6.18. The lowest BCUT2D eigenvalue weighted by atomic mass is 9.99. The van der Waals surface area contributed by atoms with Crippen LogP contribution in [0.5, 0.6) is 23.0 Å². The molecule has 0 aromatic heterocycles. The van der Waals surface area contributed by atoms with Gasteiger partial charge in [0.1, 0.15) is 62.6 Å². The predicted molar refractivity (Wildman–Crippen MR) is 227 cm³/mol. The van der Waals surface area contributed by atoms with Crippen LogP contribution >= 0.6 is 0 Å². The van der Waals surface area contributed by atoms with E-state index in [0.29, 0.717) is 37.6 Å². The first-order valence-electron chi connectivity index (χ1n) is 19.3. The fourth-order valence-corrected chi connectivity index (χ4v) is 6.18. The van der Waals surface area contributed by atoms with Crippen LogP contribution in [0.4, 0.5) is 0 Å². The molecule has 0 N–H and O–H groups in total. The third-order valence-corrected chi connectivity index (χ3v) is 10.7. The molecule has 0 spiro atoms. The van der Waals surface area contributed by atoms with Crippen molar-refractivity contribution >= 4 is 11.9 Å². The first-order valence-corrected chi connectivity index (χ1v) is 19.3. The van der Waals surface area contributed by atoms with E-state index in [4.69, 9.17) is 28.4 Å². The number of hydrogen-bond acceptors (Lipinski definition) is 8. The van der Waals surface area contributed by atoms with Gasteiger partial charge in [0.2, 0.25) is 0 Å². The van der Waals surface area contributed by atoms with Crippen LogP contribution in [0.2, 0.25) is 0 Å². The van der Waals surface area contributed by atoms with Crippen LogP contribution in [0.1, 0.15) is 80.6 Å². The fraction of sp³-hybridized carbons (Fsp3) is 0.280. The van der Waals surface area contributed by atoms with Crippen LogP contribution in [0.3, 0.4) is 0 Å². The number of hydrogen-bond donors (Lipinski definition) is 0. The van der Waals surface area contributed by atoms with E-state index in [9.17, 15) is 9.59 Å². The summed E-state index contributed by atoms with van der Waals surface area (Å²) in [6.45, 7) is 25.1. The highest BCUT2D eigenvalue weighted by Crippen LogP contribution is 2.27. The second kappa shape index (κ2) is 19.7. The molecule has 0 aliphatic rings. The quantitative estimate of drug-likeness (QED) is 0.0641. The Morgan fingerprint density at radius 1 is 0.362 bits per heavy atom. The Morgan fingerprint density at radius 3 is 0.741 bits per heavy atom. The molecule has 58 heavy (non-hydrogen) atoms. The zero-order valence-electron chi connectivity index (χ0n) is 35.0. The SMILES string of the molecule is C=C(C)C(=O)OCc1ccc(COc2ccc(OCc3ccc(COc4ccc(OCc5ccc(COC(=O)C(=C)C)c(C)c5C)cc4)c(C)c3C)cc2)c(C)c1C. The average molecular weight is 783 g/mol. The van der Waals surface area contributed by atoms with Crippen molar-refractivity contribution in [2.24, 2.45) is 0 Å². The van der Waals surface area contributed by atoms with Crippen molar-refractivity contribution in [3.63, 3.8) is 0 Å². The second-order valence-electron chi connectivity index (χ2n) is 14.7. The maximum Gasteiger partial charge on any atom is 0.333 e. The summed E-state index contributed by atoms with van der Waals surface area (Å²) in [4.78, 5) is 23.6. The molecular formula is C50H54O8. The smallest absolute Gasteiger partial charge is 0.333 e. The molecule has 0 radical (unpaired) electrons. The van der Waals surface area contributed by atoms with Crippen molar-refractivity contribution in [1.82, 2.24) is 0 Å². The molecule has 0 bridgehead atoms. The molecule has 8 heteroatoms. The molecule has 0 heterocycles. The van der Waals surface area contributed by atoms with E-state index in [-0.39, 0.29) is 13.2 Å². The van der Waals surface area contributed by atoms with Crippen LogP contribution in [-0.4, -0.2) is 11.9 Å². The van der Waals surface area contributed by atoms with Gasteiger partial charge in [0.25, 0.3) is 0 Å². The van der Waals surface area contributed by atoms with E-state index in [1.165, 1.54) is 11.1 Å². The molecule has 5 aromatic carbocycles. The van der Waals surface area contributed by atoms with E-state index in [1.807, 2.05) is 86.6 Å². The van der Waals surface area contributed by atoms with Gasteiger partial charge in [0.15, 0.2) is 0 Å². The van der Waals surface area contributed by atoms with Gasteiger partial charge in [-0.1, -0.05) is 49.6 Å². The van der Waals surface area contributed by atoms with Gasteiger partial charge in [0, 0.05) is 11.1 Å². The molecule has 0 aliphatic heterocycles. The lowest BCUT2D eigenvalue weighted by Crippen LogP contribution is -2.07. The van der Waals surface area contributed by atoms with Crippen molar-refractivity contribution in [3.05, 3.63) is 176 Å². The Labute approximate surface area is 343 Å². The Bertz CT molecular complexity index is 2120. The molecule has 302 valence electrons. The monoisotopic (exact) mass is 782 g/mol. The number of carbonyl (C=O) groups is 2. The van der Waals surface area contributed by atoms with E-state index < -0.39 is 11.9 Å². The molecule has 0 fully saturated rings. The highest BCUT2D eigenvalue weighted by Gasteiger charge is 2.13. The van der Waals surface area contributed by atoms with E-state index in [1.54, 1.807) is 13.8 Å². The Kier molecular flexibility index (Phi) is 14.6. The van der Waals surface area contributed by atoms with Gasteiger partial charge >= 0.3 is 11.9 Å². The molecule has 8 nitrogen and oxygen atoms in total. The lowest BCUT2D eigenvalue weighted by Gasteiger charge is -2.16. The maximum atomic E-state index is 11.8. The molecule has 0 atom stereocenters. The van der Waals surface area contributed by atoms with Gasteiger partial charge in [-0.15, -0.1) is 0 Å². The zero-order chi connectivity index (χ0) is 41.9. The summed E-state index contributed by atoms with van der Waals surface area (Å²) >= 11 is 0. The Hall–Kier alpha value is -6.28. The minimum absolute atomic E-state index is 0.214. The number of carbonyl (C=O) groups excluding carboxylic acids is 2. The largest absolute Gasteiger partial charge is 0.489 e. The summed E-state index contributed by atoms with van der Waals surface area (Å²) in [6.07, 6.45) is 0. The van der Waals surface area contributed by atoms with Crippen LogP contribution in [0.25, 0.3) is 0 Å². The number of esters is 2. The summed E-state index contributed by atoms with van der Waals surface area (Å²) in [7, 11) is 0. The summed E-state index contributed by atoms with van der Waals surface area (Å²) in [5.74, 6) is 2.23. The van der Waals surface area contributed by atoms with Gasteiger partial charge in [-0.2, -0.15) is 0 Å². The van der Waals surface area contributed by atoms with E-state index >= 15 is 0 Å². The normalized spacial score (nSPS) is 10.8. The number of rotatable bonds is 18. The Balaban J connectivity index is 1.07. The molecule has 0 aliphatic carbocycles. The first kappa shape index (κ1) is 42.9. The zero-order valence-corrected chi connectivity index (χ0v) is 35.0. The third kappa shape index (κ3) is 11.2. The number of benzene rings is 5. The highest BCUT2D eigenvalue weighted by molar-refractivity contribution is 5.87. The molecule has 0 saturated heterocycles. The summed E-state index contributed by atoms with van der Waals surface area (Å²) in [5.41, 5.74) is 13.8. The minimum atomic E-state index is -0.391. The lowest BCUT2D eigenvalue weighted by molar-refractivity contribution is -0.141. The van der Waals surface area contributed by atoms with Gasteiger partial charge in [-0.3, -0.25) is 0 Å². The van der Waals surface area contributed by atoms with Gasteiger partial charge in [0.05, 0.1) is 0 Å². The molecule has 0 unspecified atom stereocenters. The molecule has 5 aromatic rings. The molecule has 5 rings (SSSR count). The highest BCUT2D eigenvalue weighted by atomic mass is 16.5. The Morgan fingerprint density at radius 2 is 0.552 bits per heavy atom. The van der Waals surface area contributed by atoms with Crippen LogP contribution in [-0.2, 0) is 58.7 Å². The first-order chi connectivity index (χ1) is 27.7. The van der Waals surface area contributed by atoms with Crippen molar-refractivity contribution in [3.8, 4) is 23.0 Å². The topological polar surface area (TPSA) is 89.5 Å². The van der Waals surface area contributed by atoms with Crippen molar-refractivity contribution < 1.29 is 38.0 Å². The third-order valence-electron chi connectivity index (χ3n) is 10.7. The van der Waals surface area contributed by atoms with Crippen LogP contribution in [0.15, 0.2) is 109 Å². The molecule has 0 amide bonds. The van der Waals surface area contributed by atoms with Gasteiger partial charge in [-0.05, 0) is 171 Å².